The van der Waals surface area contributed by atoms with E-state index in [9.17, 15) is 9.59 Å². The molecule has 2 aromatic carbocycles. The molecule has 3 aromatic rings. The van der Waals surface area contributed by atoms with Crippen LogP contribution in [0, 0.1) is 0 Å². The van der Waals surface area contributed by atoms with Crippen molar-refractivity contribution in [1.82, 2.24) is 15.3 Å². The molecule has 1 atom stereocenters. The van der Waals surface area contributed by atoms with Gasteiger partial charge in [0, 0.05) is 5.69 Å². The quantitative estimate of drug-likeness (QED) is 0.670. The highest BCUT2D eigenvalue weighted by molar-refractivity contribution is 6.10. The highest BCUT2D eigenvalue weighted by Gasteiger charge is 2.21. The van der Waals surface area contributed by atoms with Gasteiger partial charge < -0.3 is 15.6 Å². The number of carbonyl (C=O) groups excluding carboxylic acids is 2. The van der Waals surface area contributed by atoms with Gasteiger partial charge >= 0.3 is 0 Å². The first-order valence-electron chi connectivity index (χ1n) is 7.90. The zero-order valence-electron chi connectivity index (χ0n) is 13.7. The van der Waals surface area contributed by atoms with Gasteiger partial charge in [0.25, 0.3) is 11.8 Å². The molecule has 6 heteroatoms. The first-order valence-corrected chi connectivity index (χ1v) is 7.90. The van der Waals surface area contributed by atoms with Crippen LogP contribution in [-0.4, -0.2) is 21.8 Å². The molecule has 0 aliphatic carbocycles. The topological polar surface area (TPSA) is 86.9 Å². The van der Waals surface area contributed by atoms with Gasteiger partial charge in [-0.2, -0.15) is 0 Å². The average Bonchev–Trinajstić information content (AvgIpc) is 3.13. The van der Waals surface area contributed by atoms with E-state index in [0.717, 1.165) is 5.56 Å². The van der Waals surface area contributed by atoms with E-state index in [1.54, 1.807) is 12.1 Å². The number of imidazole rings is 1. The summed E-state index contributed by atoms with van der Waals surface area (Å²) >= 11 is 0. The van der Waals surface area contributed by atoms with Crippen molar-refractivity contribution in [2.75, 3.05) is 5.32 Å². The summed E-state index contributed by atoms with van der Waals surface area (Å²) in [4.78, 5) is 31.6. The number of nitrogens with zero attached hydrogens (tertiary/aromatic N) is 1. The van der Waals surface area contributed by atoms with Gasteiger partial charge in [-0.3, -0.25) is 9.59 Å². The van der Waals surface area contributed by atoms with E-state index in [-0.39, 0.29) is 23.3 Å². The lowest BCUT2D eigenvalue weighted by molar-refractivity contribution is 0.0923. The summed E-state index contributed by atoms with van der Waals surface area (Å²) in [7, 11) is 0. The normalized spacial score (nSPS) is 11.6. The molecular formula is C19H18N4O2. The Morgan fingerprint density at radius 3 is 2.28 bits per heavy atom. The largest absolute Gasteiger partial charge is 0.344 e. The van der Waals surface area contributed by atoms with Crippen LogP contribution in [0.15, 0.2) is 67.0 Å². The second-order valence-electron chi connectivity index (χ2n) is 5.55. The fourth-order valence-corrected chi connectivity index (χ4v) is 2.45. The predicted molar refractivity (Wildman–Crippen MR) is 95.3 cm³/mol. The van der Waals surface area contributed by atoms with Gasteiger partial charge in [0.1, 0.15) is 5.69 Å². The lowest BCUT2D eigenvalue weighted by Crippen LogP contribution is -2.29. The van der Waals surface area contributed by atoms with E-state index in [1.165, 1.54) is 6.33 Å². The van der Waals surface area contributed by atoms with Crippen LogP contribution in [0.5, 0.6) is 0 Å². The molecule has 1 heterocycles. The van der Waals surface area contributed by atoms with Gasteiger partial charge in [0.2, 0.25) is 0 Å². The minimum Gasteiger partial charge on any atom is -0.344 e. The summed E-state index contributed by atoms with van der Waals surface area (Å²) in [6, 6.07) is 18.4. The van der Waals surface area contributed by atoms with E-state index >= 15 is 0 Å². The number of H-pyrrole nitrogens is 1. The molecule has 126 valence electrons. The van der Waals surface area contributed by atoms with Crippen molar-refractivity contribution in [2.24, 2.45) is 0 Å². The van der Waals surface area contributed by atoms with Crippen LogP contribution in [0.1, 0.15) is 39.5 Å². The van der Waals surface area contributed by atoms with Crippen LogP contribution in [0.25, 0.3) is 0 Å². The number of aromatic amines is 1. The highest BCUT2D eigenvalue weighted by Crippen LogP contribution is 2.14. The van der Waals surface area contributed by atoms with Crippen LogP contribution in [-0.2, 0) is 0 Å². The fraction of sp³-hybridized carbons (Fsp3) is 0.105. The Morgan fingerprint density at radius 1 is 0.960 bits per heavy atom. The maximum atomic E-state index is 12.5. The van der Waals surface area contributed by atoms with E-state index in [0.29, 0.717) is 5.69 Å². The first kappa shape index (κ1) is 16.4. The van der Waals surface area contributed by atoms with E-state index in [2.05, 4.69) is 20.6 Å². The molecule has 3 rings (SSSR count). The molecule has 0 aliphatic heterocycles. The maximum absolute atomic E-state index is 12.5. The lowest BCUT2D eigenvalue weighted by atomic mass is 10.1. The summed E-state index contributed by atoms with van der Waals surface area (Å²) in [6.45, 7) is 1.88. The molecule has 0 saturated carbocycles. The number of carbonyl (C=O) groups is 2. The summed E-state index contributed by atoms with van der Waals surface area (Å²) in [6.07, 6.45) is 1.34. The third-order valence-electron chi connectivity index (χ3n) is 3.76. The maximum Gasteiger partial charge on any atom is 0.276 e. The third kappa shape index (κ3) is 3.92. The highest BCUT2D eigenvalue weighted by atomic mass is 16.2. The number of hydrogen-bond acceptors (Lipinski definition) is 3. The predicted octanol–water partition coefficient (Wildman–Crippen LogP) is 3.15. The summed E-state index contributed by atoms with van der Waals surface area (Å²) in [5, 5.41) is 5.59. The molecule has 0 aliphatic rings. The minimum atomic E-state index is -0.440. The molecule has 25 heavy (non-hydrogen) atoms. The SMILES string of the molecule is C[C@@H](NC(=O)c1[nH]cnc1C(=O)Nc1ccccc1)c1ccccc1. The van der Waals surface area contributed by atoms with Gasteiger partial charge in [0.05, 0.1) is 12.4 Å². The number of nitrogens with one attached hydrogen (secondary N) is 3. The molecule has 3 N–H and O–H groups in total. The summed E-state index contributed by atoms with van der Waals surface area (Å²) < 4.78 is 0. The van der Waals surface area contributed by atoms with Gasteiger partial charge in [0.15, 0.2) is 5.69 Å². The van der Waals surface area contributed by atoms with Gasteiger partial charge in [-0.25, -0.2) is 4.98 Å². The molecule has 0 spiro atoms. The Morgan fingerprint density at radius 2 is 1.60 bits per heavy atom. The first-order chi connectivity index (χ1) is 12.1. The van der Waals surface area contributed by atoms with E-state index < -0.39 is 5.91 Å². The van der Waals surface area contributed by atoms with Crippen molar-refractivity contribution in [3.63, 3.8) is 0 Å². The molecule has 2 amide bonds. The second kappa shape index (κ2) is 7.44. The van der Waals surface area contributed by atoms with Crippen LogP contribution >= 0.6 is 0 Å². The molecule has 0 unspecified atom stereocenters. The van der Waals surface area contributed by atoms with Crippen LogP contribution in [0.2, 0.25) is 0 Å². The number of amides is 2. The van der Waals surface area contributed by atoms with Crippen molar-refractivity contribution in [3.05, 3.63) is 83.9 Å². The number of para-hydroxylation sites is 1. The minimum absolute atomic E-state index is 0.0571. The summed E-state index contributed by atoms with van der Waals surface area (Å²) in [5.74, 6) is -0.822. The number of rotatable bonds is 5. The smallest absolute Gasteiger partial charge is 0.276 e. The van der Waals surface area contributed by atoms with Crippen molar-refractivity contribution < 1.29 is 9.59 Å². The van der Waals surface area contributed by atoms with E-state index in [4.69, 9.17) is 0 Å². The van der Waals surface area contributed by atoms with Crippen LogP contribution in [0.3, 0.4) is 0 Å². The molecule has 0 bridgehead atoms. The van der Waals surface area contributed by atoms with Gasteiger partial charge in [-0.05, 0) is 24.6 Å². The molecule has 1 aromatic heterocycles. The summed E-state index contributed by atoms with van der Waals surface area (Å²) in [5.41, 5.74) is 1.81. The van der Waals surface area contributed by atoms with E-state index in [1.807, 2.05) is 55.5 Å². The Balaban J connectivity index is 1.72. The molecule has 6 nitrogen and oxygen atoms in total. The lowest BCUT2D eigenvalue weighted by Gasteiger charge is -2.14. The monoisotopic (exact) mass is 334 g/mol. The standard InChI is InChI=1S/C19H18N4O2/c1-13(14-8-4-2-5-9-14)22-18(24)16-17(21-12-20-16)19(25)23-15-10-6-3-7-11-15/h2-13H,1H3,(H,20,21)(H,22,24)(H,23,25)/t13-/m1/s1. The third-order valence-corrected chi connectivity index (χ3v) is 3.76. The van der Waals surface area contributed by atoms with Crippen LogP contribution < -0.4 is 10.6 Å². The van der Waals surface area contributed by atoms with Crippen molar-refractivity contribution in [3.8, 4) is 0 Å². The molecule has 0 fully saturated rings. The number of hydrogen-bond donors (Lipinski definition) is 3. The average molecular weight is 334 g/mol. The van der Waals surface area contributed by atoms with Crippen molar-refractivity contribution in [2.45, 2.75) is 13.0 Å². The fourth-order valence-electron chi connectivity index (χ4n) is 2.45. The second-order valence-corrected chi connectivity index (χ2v) is 5.55. The van der Waals surface area contributed by atoms with Crippen molar-refractivity contribution >= 4 is 17.5 Å². The molecular weight excluding hydrogens is 316 g/mol. The number of benzene rings is 2. The Kier molecular flexibility index (Phi) is 4.89. The molecule has 0 radical (unpaired) electrons. The molecule has 0 saturated heterocycles. The number of anilines is 1. The zero-order chi connectivity index (χ0) is 17.6. The number of aromatic nitrogens is 2. The van der Waals surface area contributed by atoms with Crippen LogP contribution in [0.4, 0.5) is 5.69 Å². The van der Waals surface area contributed by atoms with Gasteiger partial charge in [-0.1, -0.05) is 48.5 Å². The Bertz CT molecular complexity index is 859. The Labute approximate surface area is 145 Å². The Hall–Kier alpha value is -3.41. The zero-order valence-corrected chi connectivity index (χ0v) is 13.7. The van der Waals surface area contributed by atoms with Gasteiger partial charge in [-0.15, -0.1) is 0 Å². The van der Waals surface area contributed by atoms with Crippen molar-refractivity contribution in [1.29, 1.82) is 0 Å².